The maximum atomic E-state index is 8.49. The van der Waals surface area contributed by atoms with Gasteiger partial charge in [-0.15, -0.1) is 20.5 Å². The zero-order chi connectivity index (χ0) is 39.8. The molecule has 0 saturated heterocycles. The monoisotopic (exact) mass is 836 g/mol. The molecular weight excluding hydrogens is 807 g/mol. The Bertz CT molecular complexity index is 2430. The van der Waals surface area contributed by atoms with Gasteiger partial charge in [-0.25, -0.2) is 37.3 Å². The molecule has 9 aromatic rings. The van der Waals surface area contributed by atoms with Crippen LogP contribution >= 0.6 is 0 Å². The number of fused-ring (bicyclic) bond motifs is 9. The van der Waals surface area contributed by atoms with Crippen LogP contribution in [0, 0.1) is 41.3 Å². The molecule has 0 aliphatic rings. The van der Waals surface area contributed by atoms with Crippen molar-refractivity contribution in [3.8, 4) is 0 Å². The van der Waals surface area contributed by atoms with Gasteiger partial charge >= 0.3 is 17.1 Å². The Morgan fingerprint density at radius 3 is 0.768 bits per heavy atom. The zero-order valence-corrected chi connectivity index (χ0v) is 32.3. The van der Waals surface area contributed by atoms with E-state index in [4.69, 9.17) is 37.3 Å². The van der Waals surface area contributed by atoms with Gasteiger partial charge in [0.15, 0.2) is 0 Å². The number of halogens is 2. The summed E-state index contributed by atoms with van der Waals surface area (Å²) in [5.74, 6) is 0. The number of nitrogens with zero attached hydrogens (tertiary/aromatic N) is 6. The van der Waals surface area contributed by atoms with Crippen molar-refractivity contribution in [3.05, 3.63) is 145 Å². The molecule has 0 bridgehead atoms. The molecular formula is C39H30Cl2FeN6O8. The van der Waals surface area contributed by atoms with Gasteiger partial charge < -0.3 is 0 Å². The average molecular weight is 837 g/mol. The Hall–Kier alpha value is -5.10. The minimum Gasteiger partial charge on any atom is -0.254 e. The molecule has 6 aromatic heterocycles. The molecule has 0 spiro atoms. The van der Waals surface area contributed by atoms with Crippen LogP contribution in [0.4, 0.5) is 0 Å². The fourth-order valence-corrected chi connectivity index (χ4v) is 5.87. The third kappa shape index (κ3) is 11.9. The van der Waals surface area contributed by atoms with Crippen LogP contribution in [0.25, 0.3) is 65.4 Å². The van der Waals surface area contributed by atoms with Gasteiger partial charge in [0.25, 0.3) is 0 Å². The number of pyridine rings is 6. The third-order valence-electron chi connectivity index (χ3n) is 8.00. The van der Waals surface area contributed by atoms with Crippen LogP contribution in [0.15, 0.2) is 128 Å². The molecule has 0 saturated carbocycles. The SMILES string of the molecule is Cc1cc2cccnc2c2ncccc12.Cc1cc2cccnc2c2ncccc12.Cc1cc2cccnc2c2ncccc12.[Fe+2].[O-][Cl+3]([O-])([O-])[O-].[O-][Cl+3]([O-])([O-])[O-]. The van der Waals surface area contributed by atoms with Gasteiger partial charge in [-0.05, 0) is 92.1 Å². The van der Waals surface area contributed by atoms with E-state index in [2.05, 4.69) is 105 Å². The molecule has 0 aliphatic carbocycles. The van der Waals surface area contributed by atoms with Gasteiger partial charge in [0.2, 0.25) is 0 Å². The number of aryl methyl sites for hydroxylation is 3. The fraction of sp³-hybridized carbons (Fsp3) is 0.0769. The largest absolute Gasteiger partial charge is 2.00 e. The average Bonchev–Trinajstić information content (AvgIpc) is 3.15. The summed E-state index contributed by atoms with van der Waals surface area (Å²) in [6.07, 6.45) is 10.9. The van der Waals surface area contributed by atoms with Crippen molar-refractivity contribution >= 4 is 65.4 Å². The van der Waals surface area contributed by atoms with Crippen LogP contribution < -0.4 is 37.3 Å². The van der Waals surface area contributed by atoms with Crippen molar-refractivity contribution in [1.29, 1.82) is 0 Å². The van der Waals surface area contributed by atoms with E-state index < -0.39 is 20.5 Å². The summed E-state index contributed by atoms with van der Waals surface area (Å²) in [7, 11) is -9.89. The molecule has 6 heterocycles. The minimum absolute atomic E-state index is 0. The van der Waals surface area contributed by atoms with E-state index in [1.807, 2.05) is 73.6 Å². The van der Waals surface area contributed by atoms with Crippen LogP contribution in [0.5, 0.6) is 0 Å². The van der Waals surface area contributed by atoms with Crippen molar-refractivity contribution in [3.63, 3.8) is 0 Å². The number of hydrogen-bond acceptors (Lipinski definition) is 14. The van der Waals surface area contributed by atoms with Crippen LogP contribution in [-0.2, 0) is 17.1 Å². The first-order valence-electron chi connectivity index (χ1n) is 16.1. The van der Waals surface area contributed by atoms with Gasteiger partial charge in [0.1, 0.15) is 0 Å². The predicted octanol–water partition coefficient (Wildman–Crippen LogP) is -0.240. The summed E-state index contributed by atoms with van der Waals surface area (Å²) in [6, 6.07) is 30.7. The molecule has 0 fully saturated rings. The Labute approximate surface area is 334 Å². The van der Waals surface area contributed by atoms with Gasteiger partial charge in [-0.2, -0.15) is 0 Å². The molecule has 0 N–H and O–H groups in total. The van der Waals surface area contributed by atoms with Crippen molar-refractivity contribution in [1.82, 2.24) is 29.9 Å². The normalized spacial score (nSPS) is 11.0. The van der Waals surface area contributed by atoms with Crippen LogP contribution in [0.3, 0.4) is 0 Å². The van der Waals surface area contributed by atoms with Crippen LogP contribution in [-0.4, -0.2) is 29.9 Å². The molecule has 0 unspecified atom stereocenters. The molecule has 0 radical (unpaired) electrons. The summed E-state index contributed by atoms with van der Waals surface area (Å²) in [6.45, 7) is 6.32. The Morgan fingerprint density at radius 1 is 0.339 bits per heavy atom. The minimum atomic E-state index is -4.94. The van der Waals surface area contributed by atoms with E-state index in [0.29, 0.717) is 0 Å². The molecule has 0 aliphatic heterocycles. The molecule has 14 nitrogen and oxygen atoms in total. The Balaban J connectivity index is 0.000000165. The van der Waals surface area contributed by atoms with Gasteiger partial charge in [0.05, 0.1) is 33.1 Å². The number of hydrogen-bond donors (Lipinski definition) is 0. The van der Waals surface area contributed by atoms with E-state index in [0.717, 1.165) is 49.3 Å². The van der Waals surface area contributed by atoms with Crippen molar-refractivity contribution in [2.75, 3.05) is 0 Å². The maximum Gasteiger partial charge on any atom is 2.00 e. The van der Waals surface area contributed by atoms with Crippen LogP contribution in [0.2, 0.25) is 0 Å². The van der Waals surface area contributed by atoms with E-state index >= 15 is 0 Å². The molecule has 56 heavy (non-hydrogen) atoms. The molecule has 286 valence electrons. The van der Waals surface area contributed by atoms with Crippen molar-refractivity contribution in [2.24, 2.45) is 0 Å². The predicted molar refractivity (Wildman–Crippen MR) is 185 cm³/mol. The van der Waals surface area contributed by atoms with Gasteiger partial charge in [0, 0.05) is 69.5 Å². The molecule has 3 aromatic carbocycles. The molecule has 0 atom stereocenters. The number of aromatic nitrogens is 6. The number of rotatable bonds is 0. The summed E-state index contributed by atoms with van der Waals surface area (Å²) >= 11 is 0. The van der Waals surface area contributed by atoms with E-state index in [1.165, 1.54) is 32.8 Å². The fourth-order valence-electron chi connectivity index (χ4n) is 5.87. The first kappa shape index (κ1) is 43.6. The summed E-state index contributed by atoms with van der Waals surface area (Å²) in [4.78, 5) is 26.4. The van der Waals surface area contributed by atoms with E-state index in [-0.39, 0.29) is 17.1 Å². The van der Waals surface area contributed by atoms with E-state index in [1.54, 1.807) is 0 Å². The second-order valence-corrected chi connectivity index (χ2v) is 13.3. The zero-order valence-electron chi connectivity index (χ0n) is 29.7. The summed E-state index contributed by atoms with van der Waals surface area (Å²) in [5, 5.41) is 7.01. The van der Waals surface area contributed by atoms with E-state index in [9.17, 15) is 0 Å². The van der Waals surface area contributed by atoms with Crippen molar-refractivity contribution < 1.29 is 74.8 Å². The quantitative estimate of drug-likeness (QED) is 0.141. The van der Waals surface area contributed by atoms with Crippen LogP contribution in [0.1, 0.15) is 16.7 Å². The Kier molecular flexibility index (Phi) is 14.9. The second-order valence-electron chi connectivity index (χ2n) is 11.8. The summed E-state index contributed by atoms with van der Waals surface area (Å²) in [5.41, 5.74) is 9.68. The number of benzene rings is 3. The topological polar surface area (TPSA) is 262 Å². The maximum absolute atomic E-state index is 8.49. The van der Waals surface area contributed by atoms with Gasteiger partial charge in [-0.3, -0.25) is 29.9 Å². The first-order valence-corrected chi connectivity index (χ1v) is 18.6. The molecule has 9 rings (SSSR count). The first-order chi connectivity index (χ1) is 26.1. The third-order valence-corrected chi connectivity index (χ3v) is 8.00. The van der Waals surface area contributed by atoms with Gasteiger partial charge in [-0.1, -0.05) is 36.4 Å². The Morgan fingerprint density at radius 2 is 0.536 bits per heavy atom. The molecule has 17 heteroatoms. The summed E-state index contributed by atoms with van der Waals surface area (Å²) < 4.78 is 67.9. The van der Waals surface area contributed by atoms with Crippen molar-refractivity contribution in [2.45, 2.75) is 20.8 Å². The second kappa shape index (κ2) is 19.2. The smallest absolute Gasteiger partial charge is 0.254 e. The molecule has 0 amide bonds. The standard InChI is InChI=1S/3C13H10N2.2ClHO4.Fe/c3*1-9-8-10-4-2-6-14-12(10)13-11(9)5-3-7-15-13;2*2-1(3,4)5;/h3*2-8H,1H3;2*(H,2,3,4,5);/q;;;;;+2/p-2.